The summed E-state index contributed by atoms with van der Waals surface area (Å²) >= 11 is 0. The maximum absolute atomic E-state index is 12.0. The third-order valence-corrected chi connectivity index (χ3v) is 7.43. The van der Waals surface area contributed by atoms with E-state index in [2.05, 4.69) is 30.9 Å². The van der Waals surface area contributed by atoms with Crippen LogP contribution in [0.1, 0.15) is 31.2 Å². The van der Waals surface area contributed by atoms with Crippen molar-refractivity contribution in [2.24, 2.45) is 17.8 Å². The zero-order valence-corrected chi connectivity index (χ0v) is 19.1. The number of aromatic hydroxyl groups is 1. The van der Waals surface area contributed by atoms with Gasteiger partial charge in [-0.1, -0.05) is 6.07 Å². The first kappa shape index (κ1) is 20.9. The normalized spacial score (nSPS) is 21.3. The van der Waals surface area contributed by atoms with Gasteiger partial charge >= 0.3 is 0 Å². The molecule has 0 saturated heterocycles. The van der Waals surface area contributed by atoms with Crippen LogP contribution in [0.25, 0.3) is 33.4 Å². The Morgan fingerprint density at radius 3 is 2.50 bits per heavy atom. The predicted molar refractivity (Wildman–Crippen MR) is 133 cm³/mol. The second-order valence-electron chi connectivity index (χ2n) is 9.53. The average Bonchev–Trinajstić information content (AvgIpc) is 3.45. The van der Waals surface area contributed by atoms with Crippen LogP contribution in [-0.4, -0.2) is 11.7 Å². The van der Waals surface area contributed by atoms with Crippen molar-refractivity contribution >= 4 is 11.0 Å². The number of phenols is 1. The summed E-state index contributed by atoms with van der Waals surface area (Å²) in [5.41, 5.74) is 4.42. The van der Waals surface area contributed by atoms with Crippen LogP contribution >= 0.6 is 0 Å². The summed E-state index contributed by atoms with van der Waals surface area (Å²) in [6, 6.07) is 16.2. The molecule has 0 aromatic heterocycles. The average molecular weight is 451 g/mol. The van der Waals surface area contributed by atoms with E-state index >= 15 is 0 Å². The fourth-order valence-corrected chi connectivity index (χ4v) is 5.63. The van der Waals surface area contributed by atoms with Crippen LogP contribution in [-0.2, 0) is 0 Å². The van der Waals surface area contributed by atoms with Gasteiger partial charge in [-0.05, 0) is 85.0 Å². The Morgan fingerprint density at radius 1 is 0.971 bits per heavy atom. The highest BCUT2D eigenvalue weighted by Crippen LogP contribution is 2.52. The van der Waals surface area contributed by atoms with Gasteiger partial charge in [0.05, 0.1) is 6.61 Å². The zero-order valence-electron chi connectivity index (χ0n) is 19.1. The van der Waals surface area contributed by atoms with Gasteiger partial charge in [-0.15, -0.1) is 11.8 Å². The summed E-state index contributed by atoms with van der Waals surface area (Å²) in [6.45, 7) is 2.84. The molecule has 1 aliphatic heterocycles. The Kier molecular flexibility index (Phi) is 5.07. The number of benzene rings is 3. The lowest BCUT2D eigenvalue weighted by atomic mass is 9.91. The fourth-order valence-electron chi connectivity index (χ4n) is 5.63. The quantitative estimate of drug-likeness (QED) is 0.289. The van der Waals surface area contributed by atoms with Crippen LogP contribution in [0.15, 0.2) is 63.8 Å². The van der Waals surface area contributed by atoms with Crippen LogP contribution in [0.5, 0.6) is 11.5 Å². The molecule has 170 valence electrons. The van der Waals surface area contributed by atoms with E-state index in [-0.39, 0.29) is 11.2 Å². The van der Waals surface area contributed by atoms with Gasteiger partial charge in [0.2, 0.25) is 0 Å². The molecule has 0 bridgehead atoms. The molecule has 4 heteroatoms. The topological polar surface area (TPSA) is 59.7 Å². The molecule has 2 atom stereocenters. The van der Waals surface area contributed by atoms with Gasteiger partial charge in [0.25, 0.3) is 0 Å². The van der Waals surface area contributed by atoms with Crippen molar-refractivity contribution in [1.29, 1.82) is 0 Å². The Morgan fingerprint density at radius 2 is 1.74 bits per heavy atom. The molecule has 1 saturated carbocycles. The van der Waals surface area contributed by atoms with E-state index in [4.69, 9.17) is 9.15 Å². The van der Waals surface area contributed by atoms with Gasteiger partial charge in [-0.2, -0.15) is 0 Å². The Hall–Kier alpha value is -3.71. The van der Waals surface area contributed by atoms with E-state index in [1.165, 1.54) is 18.9 Å². The molecule has 4 aliphatic rings. The molecule has 1 heterocycles. The first-order valence-corrected chi connectivity index (χ1v) is 12.0. The molecule has 1 fully saturated rings. The van der Waals surface area contributed by atoms with E-state index < -0.39 is 0 Å². The summed E-state index contributed by atoms with van der Waals surface area (Å²) < 4.78 is 12.2. The molecule has 2 aromatic rings. The van der Waals surface area contributed by atoms with Gasteiger partial charge in [0, 0.05) is 41.5 Å². The van der Waals surface area contributed by atoms with Crippen LogP contribution in [0.4, 0.5) is 0 Å². The number of hydrogen-bond acceptors (Lipinski definition) is 4. The maximum Gasteiger partial charge on any atom is 0.182 e. The lowest BCUT2D eigenvalue weighted by Gasteiger charge is -2.17. The molecule has 3 aliphatic carbocycles. The standard InChI is InChI=1S/C30H26O4/c1-18-14-21(33-17-27-23-6-4-2-3-5-7-24(23)27)10-13-22(18)30-25-11-8-19(31)15-28(25)34-29-16-20(32)9-12-26(29)30/h8-16,23-24,27,31H,4-7,17H2,1H3. The second-order valence-corrected chi connectivity index (χ2v) is 9.53. The van der Waals surface area contributed by atoms with Crippen LogP contribution in [0.2, 0.25) is 0 Å². The first-order chi connectivity index (χ1) is 16.6. The number of phenolic OH excluding ortho intramolecular Hbond substituents is 1. The minimum atomic E-state index is -0.110. The largest absolute Gasteiger partial charge is 0.508 e. The molecular weight excluding hydrogens is 424 g/mol. The summed E-state index contributed by atoms with van der Waals surface area (Å²) in [6.07, 6.45) is 4.43. The monoisotopic (exact) mass is 450 g/mol. The van der Waals surface area contributed by atoms with Gasteiger partial charge in [0.15, 0.2) is 5.43 Å². The molecule has 34 heavy (non-hydrogen) atoms. The highest BCUT2D eigenvalue weighted by atomic mass is 16.5. The summed E-state index contributed by atoms with van der Waals surface area (Å²) in [5, 5.41) is 10.9. The molecule has 0 radical (unpaired) electrons. The van der Waals surface area contributed by atoms with Crippen molar-refractivity contribution in [2.75, 3.05) is 6.61 Å². The van der Waals surface area contributed by atoms with Crippen molar-refractivity contribution in [3.63, 3.8) is 0 Å². The number of aryl methyl sites for hydroxylation is 1. The molecule has 1 N–H and O–H groups in total. The Labute approximate surface area is 198 Å². The van der Waals surface area contributed by atoms with Gasteiger partial charge < -0.3 is 14.3 Å². The Bertz CT molecular complexity index is 1470. The van der Waals surface area contributed by atoms with Crippen LogP contribution in [0.3, 0.4) is 0 Å². The highest BCUT2D eigenvalue weighted by molar-refractivity contribution is 6.02. The zero-order chi connectivity index (χ0) is 23.2. The third kappa shape index (κ3) is 3.72. The molecule has 4 nitrogen and oxygen atoms in total. The number of fused-ring (bicyclic) bond motifs is 3. The third-order valence-electron chi connectivity index (χ3n) is 7.43. The SMILES string of the molecule is Cc1cc(OCC2C3CCC#CCCC32)ccc1-c1c2ccc(=O)cc-2oc2cc(O)ccc12. The van der Waals surface area contributed by atoms with Crippen LogP contribution < -0.4 is 10.2 Å². The minimum absolute atomic E-state index is 0.110. The van der Waals surface area contributed by atoms with Gasteiger partial charge in [-0.25, -0.2) is 0 Å². The molecule has 2 aromatic carbocycles. The molecule has 6 rings (SSSR count). The summed E-state index contributed by atoms with van der Waals surface area (Å²) in [4.78, 5) is 12.0. The lowest BCUT2D eigenvalue weighted by Crippen LogP contribution is -2.03. The molecule has 0 spiro atoms. The predicted octanol–water partition coefficient (Wildman–Crippen LogP) is 6.40. The van der Waals surface area contributed by atoms with Crippen molar-refractivity contribution in [3.8, 4) is 45.8 Å². The van der Waals surface area contributed by atoms with E-state index in [0.717, 1.165) is 64.7 Å². The Balaban J connectivity index is 1.32. The lowest BCUT2D eigenvalue weighted by molar-refractivity contribution is 0.284. The highest BCUT2D eigenvalue weighted by Gasteiger charge is 2.49. The second kappa shape index (κ2) is 8.25. The number of rotatable bonds is 4. The minimum Gasteiger partial charge on any atom is -0.508 e. The van der Waals surface area contributed by atoms with E-state index in [0.29, 0.717) is 17.3 Å². The van der Waals surface area contributed by atoms with E-state index in [1.807, 2.05) is 18.2 Å². The maximum atomic E-state index is 12.0. The van der Waals surface area contributed by atoms with Crippen molar-refractivity contribution in [1.82, 2.24) is 0 Å². The van der Waals surface area contributed by atoms with Crippen molar-refractivity contribution < 1.29 is 14.3 Å². The van der Waals surface area contributed by atoms with Crippen molar-refractivity contribution in [3.05, 3.63) is 70.4 Å². The number of ether oxygens (including phenoxy) is 1. The van der Waals surface area contributed by atoms with Crippen LogP contribution in [0, 0.1) is 36.5 Å². The summed E-state index contributed by atoms with van der Waals surface area (Å²) in [7, 11) is 0. The molecule has 0 amide bonds. The van der Waals surface area contributed by atoms with Gasteiger partial charge in [0.1, 0.15) is 22.8 Å². The van der Waals surface area contributed by atoms with E-state index in [1.54, 1.807) is 18.2 Å². The van der Waals surface area contributed by atoms with E-state index in [9.17, 15) is 9.90 Å². The molecule has 2 unspecified atom stereocenters. The van der Waals surface area contributed by atoms with Gasteiger partial charge in [-0.3, -0.25) is 4.79 Å². The smallest absolute Gasteiger partial charge is 0.182 e. The number of hydrogen-bond donors (Lipinski definition) is 1. The molecular formula is C30H26O4. The summed E-state index contributed by atoms with van der Waals surface area (Å²) in [5.74, 6) is 10.2. The van der Waals surface area contributed by atoms with Crippen molar-refractivity contribution in [2.45, 2.75) is 32.6 Å². The first-order valence-electron chi connectivity index (χ1n) is 12.0. The fraction of sp³-hybridized carbons (Fsp3) is 0.300.